The Hall–Kier alpha value is -2.31. The molecule has 1 aromatic heterocycles. The smallest absolute Gasteiger partial charge is 0.268 e. The summed E-state index contributed by atoms with van der Waals surface area (Å²) in [4.78, 5) is 20.6. The molecule has 1 aliphatic rings. The first-order valence-corrected chi connectivity index (χ1v) is 10.6. The van der Waals surface area contributed by atoms with Crippen LogP contribution in [0.1, 0.15) is 16.9 Å². The van der Waals surface area contributed by atoms with Gasteiger partial charge in [0.15, 0.2) is 0 Å². The number of aromatic nitrogens is 1. The van der Waals surface area contributed by atoms with E-state index in [1.54, 1.807) is 0 Å². The third kappa shape index (κ3) is 4.23. The van der Waals surface area contributed by atoms with Gasteiger partial charge in [-0.15, -0.1) is 0 Å². The standard InChI is InChI=1S/C22H25BrN4O/c23-20-18-9-4-5-10-19(18)25-21(20)22(28)24-11-6-12-26-13-15-27(16-14-26)17-7-2-1-3-8-17/h1-5,7-10,25H,6,11-16H2,(H,24,28). The van der Waals surface area contributed by atoms with Gasteiger partial charge in [0.2, 0.25) is 0 Å². The van der Waals surface area contributed by atoms with Crippen molar-refractivity contribution in [3.63, 3.8) is 0 Å². The Labute approximate surface area is 173 Å². The molecule has 2 N–H and O–H groups in total. The van der Waals surface area contributed by atoms with E-state index in [0.29, 0.717) is 12.2 Å². The first-order valence-electron chi connectivity index (χ1n) is 9.79. The minimum atomic E-state index is -0.0584. The van der Waals surface area contributed by atoms with Crippen LogP contribution in [-0.2, 0) is 0 Å². The number of carbonyl (C=O) groups excluding carboxylic acids is 1. The molecule has 0 bridgehead atoms. The maximum atomic E-state index is 12.5. The SMILES string of the molecule is O=C(NCCCN1CCN(c2ccccc2)CC1)c1[nH]c2ccccc2c1Br. The van der Waals surface area contributed by atoms with E-state index in [-0.39, 0.29) is 5.91 Å². The number of aromatic amines is 1. The lowest BCUT2D eigenvalue weighted by molar-refractivity contribution is 0.0946. The van der Waals surface area contributed by atoms with Crippen molar-refractivity contribution in [1.29, 1.82) is 0 Å². The lowest BCUT2D eigenvalue weighted by Crippen LogP contribution is -2.47. The van der Waals surface area contributed by atoms with Crippen molar-refractivity contribution in [2.45, 2.75) is 6.42 Å². The summed E-state index contributed by atoms with van der Waals surface area (Å²) >= 11 is 3.54. The highest BCUT2D eigenvalue weighted by Gasteiger charge is 2.18. The largest absolute Gasteiger partial charge is 0.369 e. The zero-order chi connectivity index (χ0) is 19.3. The van der Waals surface area contributed by atoms with Gasteiger partial charge in [-0.3, -0.25) is 9.69 Å². The van der Waals surface area contributed by atoms with Gasteiger partial charge in [0.25, 0.3) is 5.91 Å². The molecule has 3 aromatic rings. The van der Waals surface area contributed by atoms with E-state index in [0.717, 1.165) is 54.5 Å². The second-order valence-corrected chi connectivity index (χ2v) is 7.93. The molecule has 0 aliphatic carbocycles. The molecule has 1 amide bonds. The molecule has 2 heterocycles. The van der Waals surface area contributed by atoms with Gasteiger partial charge in [-0.05, 0) is 47.1 Å². The van der Waals surface area contributed by atoms with Crippen LogP contribution in [0, 0.1) is 0 Å². The number of halogens is 1. The number of nitrogens with zero attached hydrogens (tertiary/aromatic N) is 2. The molecule has 4 rings (SSSR count). The number of amides is 1. The molecule has 0 spiro atoms. The summed E-state index contributed by atoms with van der Waals surface area (Å²) in [5, 5.41) is 4.07. The Morgan fingerprint density at radius 1 is 1.00 bits per heavy atom. The second kappa shape index (κ2) is 8.80. The van der Waals surface area contributed by atoms with Crippen molar-refractivity contribution in [3.05, 3.63) is 64.8 Å². The van der Waals surface area contributed by atoms with Crippen molar-refractivity contribution in [2.75, 3.05) is 44.2 Å². The van der Waals surface area contributed by atoms with Crippen LogP contribution in [0.3, 0.4) is 0 Å². The first kappa shape index (κ1) is 19.0. The minimum Gasteiger partial charge on any atom is -0.369 e. The molecule has 0 radical (unpaired) electrons. The van der Waals surface area contributed by atoms with E-state index >= 15 is 0 Å². The van der Waals surface area contributed by atoms with E-state index in [4.69, 9.17) is 0 Å². The molecule has 0 atom stereocenters. The molecule has 5 nitrogen and oxygen atoms in total. The van der Waals surface area contributed by atoms with Gasteiger partial charge >= 0.3 is 0 Å². The van der Waals surface area contributed by atoms with Crippen LogP contribution in [0.15, 0.2) is 59.1 Å². The zero-order valence-corrected chi connectivity index (χ0v) is 17.4. The highest BCUT2D eigenvalue weighted by atomic mass is 79.9. The molecule has 146 valence electrons. The number of hydrogen-bond donors (Lipinski definition) is 2. The molecule has 0 saturated carbocycles. The number of piperazine rings is 1. The Morgan fingerprint density at radius 2 is 1.71 bits per heavy atom. The molecule has 2 aromatic carbocycles. The number of carbonyl (C=O) groups is 1. The summed E-state index contributed by atoms with van der Waals surface area (Å²) in [6.45, 7) is 5.93. The Morgan fingerprint density at radius 3 is 2.46 bits per heavy atom. The second-order valence-electron chi connectivity index (χ2n) is 7.13. The van der Waals surface area contributed by atoms with E-state index in [2.05, 4.69) is 66.4 Å². The average Bonchev–Trinajstić information content (AvgIpc) is 3.09. The summed E-state index contributed by atoms with van der Waals surface area (Å²) in [6.07, 6.45) is 0.953. The fourth-order valence-electron chi connectivity index (χ4n) is 3.73. The van der Waals surface area contributed by atoms with Crippen molar-refractivity contribution in [2.24, 2.45) is 0 Å². The van der Waals surface area contributed by atoms with Crippen LogP contribution in [0.5, 0.6) is 0 Å². The lowest BCUT2D eigenvalue weighted by Gasteiger charge is -2.36. The quantitative estimate of drug-likeness (QED) is 0.571. The zero-order valence-electron chi connectivity index (χ0n) is 15.8. The van der Waals surface area contributed by atoms with Crippen LogP contribution >= 0.6 is 15.9 Å². The van der Waals surface area contributed by atoms with Crippen LogP contribution in [0.25, 0.3) is 10.9 Å². The molecule has 1 fully saturated rings. The van der Waals surface area contributed by atoms with Gasteiger partial charge in [0.1, 0.15) is 5.69 Å². The first-order chi connectivity index (χ1) is 13.7. The van der Waals surface area contributed by atoms with E-state index < -0.39 is 0 Å². The van der Waals surface area contributed by atoms with Crippen LogP contribution < -0.4 is 10.2 Å². The highest BCUT2D eigenvalue weighted by molar-refractivity contribution is 9.10. The Bertz CT molecular complexity index is 932. The normalized spacial score (nSPS) is 15.1. The van der Waals surface area contributed by atoms with Gasteiger partial charge in [0, 0.05) is 49.3 Å². The number of benzene rings is 2. The maximum Gasteiger partial charge on any atom is 0.268 e. The summed E-state index contributed by atoms with van der Waals surface area (Å²) in [6, 6.07) is 18.5. The lowest BCUT2D eigenvalue weighted by atomic mass is 10.2. The summed E-state index contributed by atoms with van der Waals surface area (Å²) in [7, 11) is 0. The summed E-state index contributed by atoms with van der Waals surface area (Å²) in [5.74, 6) is -0.0584. The number of rotatable bonds is 6. The van der Waals surface area contributed by atoms with Crippen molar-refractivity contribution in [1.82, 2.24) is 15.2 Å². The van der Waals surface area contributed by atoms with Crippen LogP contribution in [0.2, 0.25) is 0 Å². The average molecular weight is 441 g/mol. The third-order valence-electron chi connectivity index (χ3n) is 5.30. The number of nitrogens with one attached hydrogen (secondary N) is 2. The molecule has 1 saturated heterocycles. The van der Waals surface area contributed by atoms with Gasteiger partial charge in [-0.1, -0.05) is 36.4 Å². The fraction of sp³-hybridized carbons (Fsp3) is 0.318. The van der Waals surface area contributed by atoms with Gasteiger partial charge < -0.3 is 15.2 Å². The highest BCUT2D eigenvalue weighted by Crippen LogP contribution is 2.27. The molecule has 28 heavy (non-hydrogen) atoms. The number of H-pyrrole nitrogens is 1. The minimum absolute atomic E-state index is 0.0584. The van der Waals surface area contributed by atoms with Crippen molar-refractivity contribution >= 4 is 38.4 Å². The van der Waals surface area contributed by atoms with E-state index in [9.17, 15) is 4.79 Å². The number of para-hydroxylation sites is 2. The molecular weight excluding hydrogens is 416 g/mol. The maximum absolute atomic E-state index is 12.5. The van der Waals surface area contributed by atoms with Gasteiger partial charge in [0.05, 0.1) is 4.47 Å². The predicted molar refractivity (Wildman–Crippen MR) is 118 cm³/mol. The van der Waals surface area contributed by atoms with Gasteiger partial charge in [-0.25, -0.2) is 0 Å². The van der Waals surface area contributed by atoms with Crippen molar-refractivity contribution in [3.8, 4) is 0 Å². The molecular formula is C22H25BrN4O. The van der Waals surface area contributed by atoms with Gasteiger partial charge in [-0.2, -0.15) is 0 Å². The molecule has 1 aliphatic heterocycles. The topological polar surface area (TPSA) is 51.4 Å². The Balaban J connectivity index is 1.21. The third-order valence-corrected chi connectivity index (χ3v) is 6.12. The van der Waals surface area contributed by atoms with E-state index in [1.165, 1.54) is 5.69 Å². The number of anilines is 1. The van der Waals surface area contributed by atoms with Crippen LogP contribution in [0.4, 0.5) is 5.69 Å². The van der Waals surface area contributed by atoms with Crippen LogP contribution in [-0.4, -0.2) is 55.1 Å². The summed E-state index contributed by atoms with van der Waals surface area (Å²) < 4.78 is 0.831. The molecule has 0 unspecified atom stereocenters. The number of fused-ring (bicyclic) bond motifs is 1. The monoisotopic (exact) mass is 440 g/mol. The fourth-order valence-corrected chi connectivity index (χ4v) is 4.35. The molecule has 6 heteroatoms. The predicted octanol–water partition coefficient (Wildman–Crippen LogP) is 3.87. The van der Waals surface area contributed by atoms with Crippen molar-refractivity contribution < 1.29 is 4.79 Å². The number of hydrogen-bond acceptors (Lipinski definition) is 3. The summed E-state index contributed by atoms with van der Waals surface area (Å²) in [5.41, 5.74) is 2.87. The Kier molecular flexibility index (Phi) is 5.98. The van der Waals surface area contributed by atoms with E-state index in [1.807, 2.05) is 24.3 Å².